The van der Waals surface area contributed by atoms with E-state index in [0.29, 0.717) is 11.1 Å². The van der Waals surface area contributed by atoms with E-state index in [0.717, 1.165) is 12.1 Å². The third kappa shape index (κ3) is 3.64. The second-order valence-electron chi connectivity index (χ2n) is 5.18. The van der Waals surface area contributed by atoms with E-state index in [9.17, 15) is 17.6 Å². The van der Waals surface area contributed by atoms with E-state index < -0.39 is 21.7 Å². The monoisotopic (exact) mass is 373 g/mol. The van der Waals surface area contributed by atoms with Crippen molar-refractivity contribution in [2.24, 2.45) is 5.73 Å². The van der Waals surface area contributed by atoms with Crippen LogP contribution in [0.1, 0.15) is 10.4 Å². The van der Waals surface area contributed by atoms with Gasteiger partial charge in [0.05, 0.1) is 11.3 Å². The minimum Gasteiger partial charge on any atom is -0.366 e. The Bertz CT molecular complexity index is 1060. The van der Waals surface area contributed by atoms with Gasteiger partial charge in [-0.2, -0.15) is 8.42 Å². The Morgan fingerprint density at radius 3 is 2.35 bits per heavy atom. The Morgan fingerprint density at radius 2 is 1.77 bits per heavy atom. The van der Waals surface area contributed by atoms with Crippen LogP contribution in [0.5, 0.6) is 0 Å². The lowest BCUT2D eigenvalue weighted by Gasteiger charge is -2.09. The van der Waals surface area contributed by atoms with Crippen LogP contribution in [-0.4, -0.2) is 29.3 Å². The molecule has 8 nitrogen and oxygen atoms in total. The molecule has 0 fully saturated rings. The SMILES string of the molecule is NC(=O)c1ccc(NS(=O)(=O)c2ccc(-c3cncnc3)cn2)cc1F. The van der Waals surface area contributed by atoms with Crippen molar-refractivity contribution in [3.63, 3.8) is 0 Å². The average molecular weight is 373 g/mol. The second kappa shape index (κ2) is 6.84. The average Bonchev–Trinajstić information content (AvgIpc) is 2.62. The molecule has 132 valence electrons. The lowest BCUT2D eigenvalue weighted by Crippen LogP contribution is -2.16. The molecule has 0 spiro atoms. The number of primary amides is 1. The van der Waals surface area contributed by atoms with E-state index in [-0.39, 0.29) is 16.3 Å². The summed E-state index contributed by atoms with van der Waals surface area (Å²) in [5.41, 5.74) is 5.94. The zero-order chi connectivity index (χ0) is 18.7. The van der Waals surface area contributed by atoms with Crippen molar-refractivity contribution in [3.05, 3.63) is 66.6 Å². The van der Waals surface area contributed by atoms with Crippen LogP contribution in [0, 0.1) is 5.82 Å². The fourth-order valence-electron chi connectivity index (χ4n) is 2.14. The third-order valence-corrected chi connectivity index (χ3v) is 4.69. The van der Waals surface area contributed by atoms with E-state index in [1.54, 1.807) is 18.5 Å². The summed E-state index contributed by atoms with van der Waals surface area (Å²) in [7, 11) is -4.04. The fraction of sp³-hybridized carbons (Fsp3) is 0. The van der Waals surface area contributed by atoms with Gasteiger partial charge in [-0.3, -0.25) is 9.52 Å². The normalized spacial score (nSPS) is 11.1. The van der Waals surface area contributed by atoms with Gasteiger partial charge in [0.15, 0.2) is 5.03 Å². The Labute approximate surface area is 148 Å². The van der Waals surface area contributed by atoms with Crippen molar-refractivity contribution in [2.45, 2.75) is 5.03 Å². The quantitative estimate of drug-likeness (QED) is 0.699. The Morgan fingerprint density at radius 1 is 1.04 bits per heavy atom. The Kier molecular flexibility index (Phi) is 4.59. The molecule has 2 heterocycles. The number of nitrogens with one attached hydrogen (secondary N) is 1. The van der Waals surface area contributed by atoms with Gasteiger partial charge in [0, 0.05) is 29.7 Å². The molecule has 3 N–H and O–H groups in total. The van der Waals surface area contributed by atoms with Crippen LogP contribution >= 0.6 is 0 Å². The van der Waals surface area contributed by atoms with E-state index in [2.05, 4.69) is 19.7 Å². The summed E-state index contributed by atoms with van der Waals surface area (Å²) in [6.45, 7) is 0. The first-order chi connectivity index (χ1) is 12.4. The molecule has 1 amide bonds. The van der Waals surface area contributed by atoms with Crippen molar-refractivity contribution < 1.29 is 17.6 Å². The minimum absolute atomic E-state index is 0.0603. The maximum Gasteiger partial charge on any atom is 0.279 e. The van der Waals surface area contributed by atoms with Gasteiger partial charge in [0.2, 0.25) is 0 Å². The highest BCUT2D eigenvalue weighted by Crippen LogP contribution is 2.20. The van der Waals surface area contributed by atoms with Gasteiger partial charge in [-0.1, -0.05) is 0 Å². The molecule has 0 aliphatic heterocycles. The Balaban J connectivity index is 1.84. The number of sulfonamides is 1. The highest BCUT2D eigenvalue weighted by Gasteiger charge is 2.17. The van der Waals surface area contributed by atoms with E-state index in [4.69, 9.17) is 5.73 Å². The number of carbonyl (C=O) groups is 1. The van der Waals surface area contributed by atoms with Crippen LogP contribution in [0.3, 0.4) is 0 Å². The minimum atomic E-state index is -4.04. The highest BCUT2D eigenvalue weighted by molar-refractivity contribution is 7.92. The molecule has 10 heteroatoms. The number of hydrogen-bond donors (Lipinski definition) is 2. The summed E-state index contributed by atoms with van der Waals surface area (Å²) in [6.07, 6.45) is 5.88. The zero-order valence-corrected chi connectivity index (χ0v) is 13.9. The predicted octanol–water partition coefficient (Wildman–Crippen LogP) is 1.58. The number of benzene rings is 1. The molecule has 0 aliphatic carbocycles. The largest absolute Gasteiger partial charge is 0.366 e. The third-order valence-electron chi connectivity index (χ3n) is 3.39. The van der Waals surface area contributed by atoms with Crippen LogP contribution < -0.4 is 10.5 Å². The molecule has 0 saturated carbocycles. The van der Waals surface area contributed by atoms with Crippen LogP contribution in [0.4, 0.5) is 10.1 Å². The van der Waals surface area contributed by atoms with Crippen LogP contribution in [0.25, 0.3) is 11.1 Å². The molecule has 0 atom stereocenters. The molecule has 0 saturated heterocycles. The van der Waals surface area contributed by atoms with Crippen LogP contribution in [0.2, 0.25) is 0 Å². The van der Waals surface area contributed by atoms with Gasteiger partial charge in [-0.15, -0.1) is 0 Å². The lowest BCUT2D eigenvalue weighted by molar-refractivity contribution is 0.0996. The topological polar surface area (TPSA) is 128 Å². The van der Waals surface area contributed by atoms with Gasteiger partial charge in [-0.05, 0) is 30.3 Å². The van der Waals surface area contributed by atoms with Gasteiger partial charge in [0.25, 0.3) is 15.9 Å². The van der Waals surface area contributed by atoms with Crippen molar-refractivity contribution in [2.75, 3.05) is 4.72 Å². The summed E-state index contributed by atoms with van der Waals surface area (Å²) in [4.78, 5) is 22.7. The first kappa shape index (κ1) is 17.4. The summed E-state index contributed by atoms with van der Waals surface area (Å²) < 4.78 is 40.7. The number of rotatable bonds is 5. The molecule has 0 unspecified atom stereocenters. The molecule has 2 aromatic heterocycles. The molecular weight excluding hydrogens is 361 g/mol. The zero-order valence-electron chi connectivity index (χ0n) is 13.1. The second-order valence-corrected chi connectivity index (χ2v) is 6.81. The number of nitrogens with zero attached hydrogens (tertiary/aromatic N) is 3. The molecule has 3 aromatic rings. The maximum absolute atomic E-state index is 13.8. The first-order valence-electron chi connectivity index (χ1n) is 7.20. The number of pyridine rings is 1. The molecular formula is C16H12FN5O3S. The smallest absolute Gasteiger partial charge is 0.279 e. The highest BCUT2D eigenvalue weighted by atomic mass is 32.2. The summed E-state index contributed by atoms with van der Waals surface area (Å²) in [5, 5.41) is -0.252. The Hall–Kier alpha value is -3.40. The molecule has 1 aromatic carbocycles. The first-order valence-corrected chi connectivity index (χ1v) is 8.69. The number of nitrogens with two attached hydrogens (primary N) is 1. The number of carbonyl (C=O) groups excluding carboxylic acids is 1. The van der Waals surface area contributed by atoms with E-state index >= 15 is 0 Å². The summed E-state index contributed by atoms with van der Waals surface area (Å²) >= 11 is 0. The van der Waals surface area contributed by atoms with Gasteiger partial charge >= 0.3 is 0 Å². The number of amides is 1. The number of hydrogen-bond acceptors (Lipinski definition) is 6. The maximum atomic E-state index is 13.8. The molecule has 0 bridgehead atoms. The number of aromatic nitrogens is 3. The van der Waals surface area contributed by atoms with Crippen molar-refractivity contribution >= 4 is 21.6 Å². The van der Waals surface area contributed by atoms with E-state index in [1.807, 2.05) is 0 Å². The van der Waals surface area contributed by atoms with Gasteiger partial charge in [0.1, 0.15) is 12.1 Å². The summed E-state index contributed by atoms with van der Waals surface area (Å²) in [6, 6.07) is 6.06. The fourth-order valence-corrected chi connectivity index (χ4v) is 3.12. The molecule has 0 radical (unpaired) electrons. The van der Waals surface area contributed by atoms with Crippen LogP contribution in [0.15, 0.2) is 60.3 Å². The van der Waals surface area contributed by atoms with Crippen molar-refractivity contribution in [1.82, 2.24) is 15.0 Å². The predicted molar refractivity (Wildman–Crippen MR) is 91.0 cm³/mol. The lowest BCUT2D eigenvalue weighted by atomic mass is 10.2. The number of halogens is 1. The summed E-state index contributed by atoms with van der Waals surface area (Å²) in [5.74, 6) is -1.87. The molecule has 26 heavy (non-hydrogen) atoms. The van der Waals surface area contributed by atoms with Crippen molar-refractivity contribution in [1.29, 1.82) is 0 Å². The van der Waals surface area contributed by atoms with Gasteiger partial charge < -0.3 is 5.73 Å². The molecule has 0 aliphatic rings. The number of anilines is 1. The van der Waals surface area contributed by atoms with Crippen molar-refractivity contribution in [3.8, 4) is 11.1 Å². The standard InChI is InChI=1S/C16H12FN5O3S/c17-14-5-12(2-3-13(14)16(18)23)22-26(24,25)15-4-1-10(8-21-15)11-6-19-9-20-7-11/h1-9,22H,(H2,18,23). The van der Waals surface area contributed by atoms with Crippen LogP contribution in [-0.2, 0) is 10.0 Å². The molecule has 3 rings (SSSR count). The van der Waals surface area contributed by atoms with Gasteiger partial charge in [-0.25, -0.2) is 19.3 Å². The van der Waals surface area contributed by atoms with E-state index in [1.165, 1.54) is 24.7 Å².